The van der Waals surface area contributed by atoms with Gasteiger partial charge in [0.1, 0.15) is 0 Å². The Hall–Kier alpha value is -3.29. The Morgan fingerprint density at radius 2 is 0.412 bits per heavy atom. The van der Waals surface area contributed by atoms with Crippen molar-refractivity contribution in [2.24, 2.45) is 0 Å². The Kier molecular flexibility index (Phi) is 40.1. The molecule has 0 bridgehead atoms. The van der Waals surface area contributed by atoms with Gasteiger partial charge in [0.05, 0.1) is 34.2 Å². The molecule has 80 heavy (non-hydrogen) atoms. The first kappa shape index (κ1) is 83.2. The second-order valence-corrected chi connectivity index (χ2v) is 19.3. The maximum Gasteiger partial charge on any atom is 3.00 e. The summed E-state index contributed by atoms with van der Waals surface area (Å²) >= 11 is 0. The third-order valence-electron chi connectivity index (χ3n) is 7.80. The molecule has 0 unspecified atom stereocenters. The SMILES string of the molecule is O=S(=O)([O-])C(F)(F)F.O=S(=O)([O-])C(F)(F)F.O=S(=O)([O-])C(F)(F)F.O=S(=O)([O-])C(F)(F)F.[Eu+3].[Eu+3].[OH-].[OH-].c1ccc(CN(Cc2ccccn2)Cc2ccccn2)nc1.c1ccc(CN(Cc2ccccn2)Cc2ccccn2)nc1. The van der Waals surface area contributed by atoms with Gasteiger partial charge >= 0.3 is 121 Å². The fourth-order valence-corrected chi connectivity index (χ4v) is 4.66. The van der Waals surface area contributed by atoms with Crippen molar-refractivity contribution in [1.29, 1.82) is 0 Å². The van der Waals surface area contributed by atoms with Crippen molar-refractivity contribution < 1.29 is 214 Å². The summed E-state index contributed by atoms with van der Waals surface area (Å²) in [6, 6.07) is 36.0. The van der Waals surface area contributed by atoms with E-state index in [4.69, 9.17) is 51.9 Å². The van der Waals surface area contributed by atoms with E-state index in [1.54, 1.807) is 0 Å². The van der Waals surface area contributed by atoms with Crippen LogP contribution in [0.1, 0.15) is 34.2 Å². The van der Waals surface area contributed by atoms with Crippen LogP contribution in [-0.2, 0) is 79.7 Å². The van der Waals surface area contributed by atoms with E-state index in [-0.39, 0.29) is 110 Å². The molecule has 0 atom stereocenters. The van der Waals surface area contributed by atoms with Gasteiger partial charge in [-0.2, -0.15) is 52.7 Å². The van der Waals surface area contributed by atoms with Gasteiger partial charge in [0.2, 0.25) is 0 Å². The van der Waals surface area contributed by atoms with Crippen LogP contribution >= 0.6 is 0 Å². The molecule has 0 aliphatic rings. The van der Waals surface area contributed by atoms with E-state index >= 15 is 0 Å². The molecule has 0 saturated carbocycles. The first-order chi connectivity index (χ1) is 34.8. The third kappa shape index (κ3) is 37.0. The van der Waals surface area contributed by atoms with Crippen molar-refractivity contribution >= 4 is 40.5 Å². The summed E-state index contributed by atoms with van der Waals surface area (Å²) in [4.78, 5) is 31.1. The number of rotatable bonds is 12. The zero-order valence-corrected chi connectivity index (χ0v) is 47.5. The van der Waals surface area contributed by atoms with Crippen molar-refractivity contribution in [3.8, 4) is 0 Å². The average Bonchev–Trinajstić information content (AvgIpc) is 3.29. The monoisotopic (exact) mass is 1520 g/mol. The molecule has 0 amide bonds. The van der Waals surface area contributed by atoms with Gasteiger partial charge in [-0.05, 0) is 72.8 Å². The molecule has 6 aromatic heterocycles. The van der Waals surface area contributed by atoms with Gasteiger partial charge in [-0.3, -0.25) is 39.7 Å². The van der Waals surface area contributed by atoms with Crippen molar-refractivity contribution in [2.45, 2.75) is 61.3 Å². The maximum atomic E-state index is 10.7. The minimum atomic E-state index is -6.09. The molecule has 0 saturated heterocycles. The third-order valence-corrected chi connectivity index (χ3v) is 10.1. The summed E-state index contributed by atoms with van der Waals surface area (Å²) in [6.45, 7) is 4.63. The van der Waals surface area contributed by atoms with E-state index in [1.165, 1.54) is 0 Å². The topological polar surface area (TPSA) is 373 Å². The molecule has 0 fully saturated rings. The van der Waals surface area contributed by atoms with E-state index in [0.29, 0.717) is 0 Å². The Morgan fingerprint density at radius 3 is 0.487 bits per heavy atom. The van der Waals surface area contributed by atoms with Gasteiger partial charge in [0.15, 0.2) is 40.5 Å². The predicted molar refractivity (Wildman–Crippen MR) is 238 cm³/mol. The number of nitrogens with zero attached hydrogens (tertiary/aromatic N) is 8. The number of hydrogen-bond donors (Lipinski definition) is 0. The second-order valence-electron chi connectivity index (χ2n) is 13.8. The summed E-state index contributed by atoms with van der Waals surface area (Å²) in [6.07, 6.45) is 11.0. The number of pyridine rings is 6. The molecular formula is C40H38Eu2F12N8O14S4. The molecule has 2 N–H and O–H groups in total. The molecule has 0 aromatic carbocycles. The van der Waals surface area contributed by atoms with Crippen LogP contribution < -0.4 is 0 Å². The number of aromatic nitrogens is 6. The predicted octanol–water partition coefficient (Wildman–Crippen LogP) is 6.00. The zero-order chi connectivity index (χ0) is 58.1. The fourth-order valence-electron chi connectivity index (χ4n) is 4.66. The van der Waals surface area contributed by atoms with E-state index < -0.39 is 62.5 Å². The fraction of sp³-hybridized carbons (Fsp3) is 0.250. The van der Waals surface area contributed by atoms with Gasteiger partial charge in [0, 0.05) is 76.4 Å². The quantitative estimate of drug-likeness (QED) is 0.0770. The van der Waals surface area contributed by atoms with Crippen molar-refractivity contribution in [1.82, 2.24) is 39.7 Å². The summed E-state index contributed by atoms with van der Waals surface area (Å²) in [7, 11) is -24.4. The van der Waals surface area contributed by atoms with Crippen molar-refractivity contribution in [3.63, 3.8) is 0 Å². The van der Waals surface area contributed by atoms with Crippen LogP contribution in [0.4, 0.5) is 52.7 Å². The van der Waals surface area contributed by atoms with Crippen LogP contribution in [0.15, 0.2) is 146 Å². The van der Waals surface area contributed by atoms with E-state index in [9.17, 15) is 52.7 Å². The Labute approximate surface area is 530 Å². The van der Waals surface area contributed by atoms with Gasteiger partial charge in [0.25, 0.3) is 0 Å². The Balaban J connectivity index is -0.000000462. The van der Waals surface area contributed by atoms with Crippen LogP contribution in [-0.4, -0.2) is 125 Å². The molecule has 444 valence electrons. The second kappa shape index (κ2) is 38.5. The van der Waals surface area contributed by atoms with Gasteiger partial charge in [-0.15, -0.1) is 0 Å². The normalized spacial score (nSPS) is 11.5. The Morgan fingerprint density at radius 1 is 0.300 bits per heavy atom. The molecule has 22 nitrogen and oxygen atoms in total. The minimum Gasteiger partial charge on any atom is -0.870 e. The van der Waals surface area contributed by atoms with E-state index in [0.717, 1.165) is 73.4 Å². The molecule has 6 rings (SSSR count). The molecular weight excluding hydrogens is 1480 g/mol. The van der Waals surface area contributed by atoms with Crippen LogP contribution in [0.2, 0.25) is 0 Å². The Bertz CT molecular complexity index is 2570. The van der Waals surface area contributed by atoms with E-state index in [1.807, 2.05) is 146 Å². The van der Waals surface area contributed by atoms with Gasteiger partial charge < -0.3 is 29.2 Å². The maximum absolute atomic E-state index is 10.7. The summed E-state index contributed by atoms with van der Waals surface area (Å²) in [5.41, 5.74) is -16.3. The van der Waals surface area contributed by atoms with Crippen LogP contribution in [0.25, 0.3) is 0 Å². The van der Waals surface area contributed by atoms with Crippen LogP contribution in [0.3, 0.4) is 0 Å². The van der Waals surface area contributed by atoms with Crippen LogP contribution in [0.5, 0.6) is 0 Å². The first-order valence-corrected chi connectivity index (χ1v) is 25.4. The molecule has 6 heterocycles. The van der Waals surface area contributed by atoms with Gasteiger partial charge in [-0.1, -0.05) is 36.4 Å². The van der Waals surface area contributed by atoms with Crippen molar-refractivity contribution in [3.05, 3.63) is 181 Å². The first-order valence-electron chi connectivity index (χ1n) is 19.7. The van der Waals surface area contributed by atoms with Crippen LogP contribution in [0, 0.1) is 98.8 Å². The largest absolute Gasteiger partial charge is 3.00 e. The van der Waals surface area contributed by atoms with E-state index in [2.05, 4.69) is 39.7 Å². The zero-order valence-electron chi connectivity index (χ0n) is 39.4. The summed E-state index contributed by atoms with van der Waals surface area (Å²) in [5.74, 6) is 0. The molecule has 0 aliphatic carbocycles. The standard InChI is InChI=1S/2C18H18N4.4CHF3O3S.2Eu.2H2O/c2*1-4-10-19-16(7-1)13-22(14-17-8-2-5-11-20-17)15-18-9-3-6-12-21-18;4*2-1(3,4)8(5,6)7;;;;/h2*1-12H,13-15H2;4*(H,5,6,7);;;2*1H2/q;;;;;;2*+3;;/p-6. The smallest absolute Gasteiger partial charge is 0.870 e. The molecule has 40 heteroatoms. The minimum absolute atomic E-state index is 0. The number of hydrogen-bond acceptors (Lipinski definition) is 22. The number of halogens is 12. The van der Waals surface area contributed by atoms with Gasteiger partial charge in [-0.25, -0.2) is 33.7 Å². The number of alkyl halides is 12. The molecule has 0 radical (unpaired) electrons. The average molecular weight is 1510 g/mol. The molecule has 6 aromatic rings. The summed E-state index contributed by atoms with van der Waals surface area (Å²) < 4.78 is 236. The molecule has 0 aliphatic heterocycles. The van der Waals surface area contributed by atoms with Crippen molar-refractivity contribution in [2.75, 3.05) is 0 Å². The molecule has 0 spiro atoms. The summed E-state index contributed by atoms with van der Waals surface area (Å²) in [5, 5.41) is 0.